The minimum Gasteiger partial charge on any atom is -0.457 e. The molecule has 0 saturated heterocycles. The van der Waals surface area contributed by atoms with Crippen molar-refractivity contribution < 1.29 is 14.1 Å². The number of furan rings is 1. The van der Waals surface area contributed by atoms with Gasteiger partial charge in [-0.05, 0) is 58.4 Å². The molecule has 10 heteroatoms. The molecule has 30 heavy (non-hydrogen) atoms. The quantitative estimate of drug-likeness (QED) is 0.184. The standard InChI is InChI=1S/C20H10BrCl2N3O4/c21-19-16(23)8-11(9-17(19)26(28)29)18-6-5-15(30-18)7-12(10-24)20(27)25-14-3-1-13(22)2-4-14/h1-9H,(H,25,27)/b12-7-. The summed E-state index contributed by atoms with van der Waals surface area (Å²) < 4.78 is 5.79. The molecule has 0 saturated carbocycles. The first-order valence-corrected chi connectivity index (χ1v) is 9.75. The maximum atomic E-state index is 12.3. The summed E-state index contributed by atoms with van der Waals surface area (Å²) in [6, 6.07) is 14.1. The molecule has 0 aliphatic heterocycles. The van der Waals surface area contributed by atoms with Crippen molar-refractivity contribution in [2.24, 2.45) is 0 Å². The van der Waals surface area contributed by atoms with Crippen molar-refractivity contribution >= 4 is 62.5 Å². The van der Waals surface area contributed by atoms with Gasteiger partial charge in [-0.15, -0.1) is 0 Å². The van der Waals surface area contributed by atoms with E-state index in [1.165, 1.54) is 24.3 Å². The van der Waals surface area contributed by atoms with Gasteiger partial charge in [0.2, 0.25) is 0 Å². The number of hydrogen-bond donors (Lipinski definition) is 1. The number of rotatable bonds is 5. The fraction of sp³-hybridized carbons (Fsp3) is 0. The molecule has 0 atom stereocenters. The average molecular weight is 507 g/mol. The SMILES string of the molecule is N#C/C(=C/c1ccc(-c2cc(Cl)c(Br)c([N+](=O)[O-])c2)o1)C(=O)Nc1ccc(Cl)cc1. The van der Waals surface area contributed by atoms with Crippen LogP contribution in [0.4, 0.5) is 11.4 Å². The zero-order valence-electron chi connectivity index (χ0n) is 14.9. The first-order chi connectivity index (χ1) is 14.3. The van der Waals surface area contributed by atoms with Crippen LogP contribution in [-0.4, -0.2) is 10.8 Å². The molecular formula is C20H10BrCl2N3O4. The lowest BCUT2D eigenvalue weighted by molar-refractivity contribution is -0.385. The predicted octanol–water partition coefficient (Wildman–Crippen LogP) is 6.47. The predicted molar refractivity (Wildman–Crippen MR) is 117 cm³/mol. The van der Waals surface area contributed by atoms with Gasteiger partial charge >= 0.3 is 0 Å². The van der Waals surface area contributed by atoms with Gasteiger partial charge in [0.1, 0.15) is 27.6 Å². The van der Waals surface area contributed by atoms with E-state index >= 15 is 0 Å². The number of nitrogens with zero attached hydrogens (tertiary/aromatic N) is 2. The molecule has 0 radical (unpaired) electrons. The van der Waals surface area contributed by atoms with E-state index in [1.54, 1.807) is 30.3 Å². The Hall–Kier alpha value is -3.12. The van der Waals surface area contributed by atoms with Crippen LogP contribution >= 0.6 is 39.1 Å². The van der Waals surface area contributed by atoms with Gasteiger partial charge in [0.15, 0.2) is 0 Å². The number of anilines is 1. The van der Waals surface area contributed by atoms with E-state index < -0.39 is 10.8 Å². The Morgan fingerprint density at radius 1 is 1.20 bits per heavy atom. The number of carbonyl (C=O) groups excluding carboxylic acids is 1. The summed E-state index contributed by atoms with van der Waals surface area (Å²) in [5.41, 5.74) is 0.442. The van der Waals surface area contributed by atoms with Crippen molar-refractivity contribution in [3.05, 3.63) is 84.5 Å². The molecule has 0 bridgehead atoms. The normalized spacial score (nSPS) is 11.1. The van der Waals surface area contributed by atoms with E-state index in [4.69, 9.17) is 27.6 Å². The summed E-state index contributed by atoms with van der Waals surface area (Å²) in [7, 11) is 0. The molecule has 1 N–H and O–H groups in total. The van der Waals surface area contributed by atoms with Crippen molar-refractivity contribution in [1.29, 1.82) is 5.26 Å². The Morgan fingerprint density at radius 2 is 1.90 bits per heavy atom. The molecular weight excluding hydrogens is 497 g/mol. The highest BCUT2D eigenvalue weighted by Gasteiger charge is 2.19. The van der Waals surface area contributed by atoms with Crippen LogP contribution in [-0.2, 0) is 4.79 Å². The summed E-state index contributed by atoms with van der Waals surface area (Å²) in [4.78, 5) is 22.9. The van der Waals surface area contributed by atoms with Gasteiger partial charge < -0.3 is 9.73 Å². The minimum absolute atomic E-state index is 0.146. The van der Waals surface area contributed by atoms with Gasteiger partial charge in [0.25, 0.3) is 11.6 Å². The average Bonchev–Trinajstić information content (AvgIpc) is 3.18. The number of nitrogens with one attached hydrogen (secondary N) is 1. The molecule has 150 valence electrons. The third-order valence-electron chi connectivity index (χ3n) is 3.87. The van der Waals surface area contributed by atoms with E-state index in [9.17, 15) is 20.2 Å². The highest BCUT2D eigenvalue weighted by Crippen LogP contribution is 2.37. The second-order valence-electron chi connectivity index (χ2n) is 5.88. The molecule has 0 unspecified atom stereocenters. The molecule has 3 rings (SSSR count). The third kappa shape index (κ3) is 4.89. The lowest BCUT2D eigenvalue weighted by Gasteiger charge is -2.04. The van der Waals surface area contributed by atoms with E-state index in [0.717, 1.165) is 0 Å². The second kappa shape index (κ2) is 9.13. The number of nitro groups is 1. The third-order valence-corrected chi connectivity index (χ3v) is 5.48. The van der Waals surface area contributed by atoms with Gasteiger partial charge in [0.05, 0.1) is 9.95 Å². The number of halogens is 3. The monoisotopic (exact) mass is 505 g/mol. The molecule has 0 fully saturated rings. The van der Waals surface area contributed by atoms with Crippen molar-refractivity contribution in [1.82, 2.24) is 0 Å². The number of nitro benzene ring substituents is 1. The Kier molecular flexibility index (Phi) is 6.57. The summed E-state index contributed by atoms with van der Waals surface area (Å²) in [5.74, 6) is -0.122. The Bertz CT molecular complexity index is 1210. The molecule has 3 aromatic rings. The maximum Gasteiger partial charge on any atom is 0.285 e. The number of hydrogen-bond acceptors (Lipinski definition) is 5. The van der Waals surface area contributed by atoms with E-state index in [1.807, 2.05) is 6.07 Å². The van der Waals surface area contributed by atoms with Crippen molar-refractivity contribution in [3.8, 4) is 17.4 Å². The number of amides is 1. The minimum atomic E-state index is -0.625. The van der Waals surface area contributed by atoms with Crippen LogP contribution in [0.15, 0.2) is 63.0 Å². The van der Waals surface area contributed by atoms with E-state index in [2.05, 4.69) is 21.2 Å². The van der Waals surface area contributed by atoms with Crippen LogP contribution in [0.5, 0.6) is 0 Å². The van der Waals surface area contributed by atoms with Crippen LogP contribution in [0, 0.1) is 21.4 Å². The molecule has 0 aliphatic carbocycles. The van der Waals surface area contributed by atoms with Crippen molar-refractivity contribution in [3.63, 3.8) is 0 Å². The first-order valence-electron chi connectivity index (χ1n) is 8.21. The molecule has 2 aromatic carbocycles. The highest BCUT2D eigenvalue weighted by atomic mass is 79.9. The van der Waals surface area contributed by atoms with Crippen LogP contribution in [0.25, 0.3) is 17.4 Å². The summed E-state index contributed by atoms with van der Waals surface area (Å²) in [6.07, 6.45) is 1.27. The van der Waals surface area contributed by atoms with Crippen molar-refractivity contribution in [2.45, 2.75) is 0 Å². The van der Waals surface area contributed by atoms with Gasteiger partial charge in [-0.2, -0.15) is 5.26 Å². The summed E-state index contributed by atoms with van der Waals surface area (Å²) >= 11 is 14.9. The fourth-order valence-electron chi connectivity index (χ4n) is 2.46. The summed E-state index contributed by atoms with van der Waals surface area (Å²) in [6.45, 7) is 0. The van der Waals surface area contributed by atoms with Crippen LogP contribution < -0.4 is 5.32 Å². The smallest absolute Gasteiger partial charge is 0.285 e. The van der Waals surface area contributed by atoms with E-state index in [0.29, 0.717) is 16.3 Å². The van der Waals surface area contributed by atoms with Gasteiger partial charge in [-0.3, -0.25) is 14.9 Å². The Morgan fingerprint density at radius 3 is 2.53 bits per heavy atom. The maximum absolute atomic E-state index is 12.3. The molecule has 1 amide bonds. The lowest BCUT2D eigenvalue weighted by atomic mass is 10.1. The molecule has 0 spiro atoms. The number of nitriles is 1. The number of carbonyl (C=O) groups is 1. The van der Waals surface area contributed by atoms with Gasteiger partial charge in [0, 0.05) is 28.4 Å². The second-order valence-corrected chi connectivity index (χ2v) is 7.52. The number of benzene rings is 2. The highest BCUT2D eigenvalue weighted by molar-refractivity contribution is 9.10. The van der Waals surface area contributed by atoms with Crippen LogP contribution in [0.2, 0.25) is 10.0 Å². The van der Waals surface area contributed by atoms with Crippen LogP contribution in [0.1, 0.15) is 5.76 Å². The van der Waals surface area contributed by atoms with Gasteiger partial charge in [-0.1, -0.05) is 23.2 Å². The Balaban J connectivity index is 1.87. The first kappa shape index (κ1) is 21.6. The molecule has 0 aliphatic rings. The molecule has 1 aromatic heterocycles. The zero-order chi connectivity index (χ0) is 21.8. The molecule has 1 heterocycles. The largest absolute Gasteiger partial charge is 0.457 e. The zero-order valence-corrected chi connectivity index (χ0v) is 18.0. The fourth-order valence-corrected chi connectivity index (χ4v) is 3.17. The van der Waals surface area contributed by atoms with Crippen molar-refractivity contribution in [2.75, 3.05) is 5.32 Å². The molecule has 7 nitrogen and oxygen atoms in total. The van der Waals surface area contributed by atoms with E-state index in [-0.39, 0.29) is 32.3 Å². The summed E-state index contributed by atoms with van der Waals surface area (Å²) in [5, 5.41) is 23.8. The van der Waals surface area contributed by atoms with Gasteiger partial charge in [-0.25, -0.2) is 0 Å². The Labute approximate surface area is 188 Å². The van der Waals surface area contributed by atoms with Crippen LogP contribution in [0.3, 0.4) is 0 Å². The topological polar surface area (TPSA) is 109 Å². The lowest BCUT2D eigenvalue weighted by Crippen LogP contribution is -2.13.